The summed E-state index contributed by atoms with van der Waals surface area (Å²) >= 11 is 0. The van der Waals surface area contributed by atoms with Crippen LogP contribution in [0.15, 0.2) is 0 Å². The van der Waals surface area contributed by atoms with Gasteiger partial charge < -0.3 is 9.64 Å². The minimum atomic E-state index is 0.396. The van der Waals surface area contributed by atoms with Crippen LogP contribution in [-0.2, 0) is 9.57 Å². The predicted octanol–water partition coefficient (Wildman–Crippen LogP) is 0.836. The van der Waals surface area contributed by atoms with Crippen LogP contribution in [0, 0.1) is 0 Å². The van der Waals surface area contributed by atoms with Crippen LogP contribution in [0.4, 0.5) is 0 Å². The fourth-order valence-electron chi connectivity index (χ4n) is 0.994. The molecule has 4 heteroatoms. The summed E-state index contributed by atoms with van der Waals surface area (Å²) in [7, 11) is 5.79. The van der Waals surface area contributed by atoms with Gasteiger partial charge in [0.2, 0.25) is 0 Å². The molecule has 14 heavy (non-hydrogen) atoms. The highest BCUT2D eigenvalue weighted by atomic mass is 16.7. The second-order valence-corrected chi connectivity index (χ2v) is 3.86. The Kier molecular flexibility index (Phi) is 8.08. The Labute approximate surface area is 87.7 Å². The molecule has 0 aromatic heterocycles. The third-order valence-electron chi connectivity index (χ3n) is 1.89. The molecule has 0 radical (unpaired) electrons. The van der Waals surface area contributed by atoms with Gasteiger partial charge in [0.15, 0.2) is 0 Å². The van der Waals surface area contributed by atoms with E-state index in [1.807, 2.05) is 19.2 Å². The summed E-state index contributed by atoms with van der Waals surface area (Å²) < 4.78 is 5.02. The molecule has 0 amide bonds. The van der Waals surface area contributed by atoms with Crippen LogP contribution in [0.2, 0.25) is 0 Å². The molecule has 0 aliphatic rings. The summed E-state index contributed by atoms with van der Waals surface area (Å²) in [5.74, 6) is 0. The first-order valence-electron chi connectivity index (χ1n) is 5.11. The Morgan fingerprint density at radius 3 is 2.14 bits per heavy atom. The van der Waals surface area contributed by atoms with Gasteiger partial charge in [-0.05, 0) is 27.9 Å². The zero-order valence-electron chi connectivity index (χ0n) is 10.1. The van der Waals surface area contributed by atoms with Crippen molar-refractivity contribution in [3.63, 3.8) is 0 Å². The summed E-state index contributed by atoms with van der Waals surface area (Å²) in [5, 5.41) is 1.97. The number of hydroxylamine groups is 2. The lowest BCUT2D eigenvalue weighted by molar-refractivity contribution is -0.186. The Morgan fingerprint density at radius 1 is 1.07 bits per heavy atom. The van der Waals surface area contributed by atoms with Crippen LogP contribution in [0.3, 0.4) is 0 Å². The standard InChI is InChI=1S/C10H24N2O2/c1-10(2)12(7-8-13-5)14-9-6-11(3)4/h10H,6-9H2,1-5H3. The zero-order valence-corrected chi connectivity index (χ0v) is 10.1. The van der Waals surface area contributed by atoms with E-state index >= 15 is 0 Å². The van der Waals surface area contributed by atoms with E-state index in [1.165, 1.54) is 0 Å². The summed E-state index contributed by atoms with van der Waals surface area (Å²) in [6, 6.07) is 0.396. The van der Waals surface area contributed by atoms with Gasteiger partial charge in [0, 0.05) is 26.2 Å². The Bertz CT molecular complexity index is 129. The number of hydrogen-bond donors (Lipinski definition) is 0. The monoisotopic (exact) mass is 204 g/mol. The molecule has 0 saturated heterocycles. The second-order valence-electron chi connectivity index (χ2n) is 3.86. The van der Waals surface area contributed by atoms with E-state index in [0.717, 1.165) is 19.7 Å². The predicted molar refractivity (Wildman–Crippen MR) is 58.2 cm³/mol. The van der Waals surface area contributed by atoms with Crippen molar-refractivity contribution >= 4 is 0 Å². The fourth-order valence-corrected chi connectivity index (χ4v) is 0.994. The molecule has 0 spiro atoms. The number of nitrogens with zero attached hydrogens (tertiary/aromatic N) is 2. The number of methoxy groups -OCH3 is 1. The lowest BCUT2D eigenvalue weighted by atomic mass is 10.4. The molecule has 0 aromatic rings. The summed E-state index contributed by atoms with van der Waals surface area (Å²) in [6.07, 6.45) is 0. The first-order chi connectivity index (χ1) is 6.57. The smallest absolute Gasteiger partial charge is 0.0812 e. The van der Waals surface area contributed by atoms with Crippen molar-refractivity contribution in [3.8, 4) is 0 Å². The highest BCUT2D eigenvalue weighted by Gasteiger charge is 2.09. The van der Waals surface area contributed by atoms with Crippen molar-refractivity contribution in [3.05, 3.63) is 0 Å². The SMILES string of the molecule is COCCN(OCCN(C)C)C(C)C. The molecule has 0 N–H and O–H groups in total. The van der Waals surface area contributed by atoms with Gasteiger partial charge in [0.05, 0.1) is 13.2 Å². The minimum absolute atomic E-state index is 0.396. The molecule has 0 aliphatic carbocycles. The van der Waals surface area contributed by atoms with Crippen molar-refractivity contribution in [2.24, 2.45) is 0 Å². The molecule has 4 nitrogen and oxygen atoms in total. The fraction of sp³-hybridized carbons (Fsp3) is 1.00. The number of hydrogen-bond acceptors (Lipinski definition) is 4. The zero-order chi connectivity index (χ0) is 11.0. The van der Waals surface area contributed by atoms with Crippen LogP contribution in [0.1, 0.15) is 13.8 Å². The third kappa shape index (κ3) is 7.26. The normalized spacial score (nSPS) is 12.0. The molecule has 0 aromatic carbocycles. The quantitative estimate of drug-likeness (QED) is 0.547. The summed E-state index contributed by atoms with van der Waals surface area (Å²) in [5.41, 5.74) is 0. The maximum Gasteiger partial charge on any atom is 0.0812 e. The minimum Gasteiger partial charge on any atom is -0.383 e. The first kappa shape index (κ1) is 13.8. The van der Waals surface area contributed by atoms with E-state index in [-0.39, 0.29) is 0 Å². The first-order valence-corrected chi connectivity index (χ1v) is 5.11. The maximum absolute atomic E-state index is 5.63. The Hall–Kier alpha value is -0.160. The number of ether oxygens (including phenoxy) is 1. The highest BCUT2D eigenvalue weighted by Crippen LogP contribution is 1.98. The lowest BCUT2D eigenvalue weighted by Crippen LogP contribution is -2.36. The van der Waals surface area contributed by atoms with Crippen LogP contribution in [-0.4, -0.2) is 63.5 Å². The Balaban J connectivity index is 3.62. The van der Waals surface area contributed by atoms with Gasteiger partial charge in [-0.25, -0.2) is 0 Å². The van der Waals surface area contributed by atoms with E-state index in [1.54, 1.807) is 7.11 Å². The van der Waals surface area contributed by atoms with E-state index in [2.05, 4.69) is 18.7 Å². The van der Waals surface area contributed by atoms with Gasteiger partial charge in [-0.3, -0.25) is 4.84 Å². The van der Waals surface area contributed by atoms with Crippen LogP contribution < -0.4 is 0 Å². The van der Waals surface area contributed by atoms with Crippen molar-refractivity contribution in [2.75, 3.05) is 47.5 Å². The molecule has 0 saturated carbocycles. The maximum atomic E-state index is 5.63. The van der Waals surface area contributed by atoms with Crippen LogP contribution in [0.25, 0.3) is 0 Å². The van der Waals surface area contributed by atoms with E-state index in [0.29, 0.717) is 12.6 Å². The number of rotatable bonds is 8. The lowest BCUT2D eigenvalue weighted by Gasteiger charge is -2.25. The van der Waals surface area contributed by atoms with Crippen molar-refractivity contribution in [1.82, 2.24) is 9.96 Å². The topological polar surface area (TPSA) is 24.9 Å². The molecule has 0 bridgehead atoms. The van der Waals surface area contributed by atoms with Gasteiger partial charge in [-0.1, -0.05) is 0 Å². The average molecular weight is 204 g/mol. The van der Waals surface area contributed by atoms with Gasteiger partial charge >= 0.3 is 0 Å². The molecule has 0 atom stereocenters. The van der Waals surface area contributed by atoms with E-state index in [4.69, 9.17) is 9.57 Å². The molecular formula is C10H24N2O2. The van der Waals surface area contributed by atoms with E-state index < -0.39 is 0 Å². The molecule has 0 fully saturated rings. The van der Waals surface area contributed by atoms with Crippen molar-refractivity contribution in [2.45, 2.75) is 19.9 Å². The van der Waals surface area contributed by atoms with Crippen molar-refractivity contribution in [1.29, 1.82) is 0 Å². The van der Waals surface area contributed by atoms with Gasteiger partial charge in [0.1, 0.15) is 0 Å². The second kappa shape index (κ2) is 8.17. The largest absolute Gasteiger partial charge is 0.383 e. The molecule has 0 rings (SSSR count). The summed E-state index contributed by atoms with van der Waals surface area (Å²) in [6.45, 7) is 7.43. The molecule has 0 unspecified atom stereocenters. The Morgan fingerprint density at radius 2 is 1.71 bits per heavy atom. The molecule has 0 heterocycles. The van der Waals surface area contributed by atoms with Crippen LogP contribution in [0.5, 0.6) is 0 Å². The average Bonchev–Trinajstić information content (AvgIpc) is 2.09. The molecular weight excluding hydrogens is 180 g/mol. The molecule has 86 valence electrons. The van der Waals surface area contributed by atoms with Crippen LogP contribution >= 0.6 is 0 Å². The number of likely N-dealkylation sites (N-methyl/N-ethyl adjacent to an activating group) is 1. The van der Waals surface area contributed by atoms with Gasteiger partial charge in [-0.15, -0.1) is 0 Å². The van der Waals surface area contributed by atoms with E-state index in [9.17, 15) is 0 Å². The molecule has 0 aliphatic heterocycles. The van der Waals surface area contributed by atoms with Gasteiger partial charge in [-0.2, -0.15) is 5.06 Å². The van der Waals surface area contributed by atoms with Gasteiger partial charge in [0.25, 0.3) is 0 Å². The van der Waals surface area contributed by atoms with Crippen molar-refractivity contribution < 1.29 is 9.57 Å². The third-order valence-corrected chi connectivity index (χ3v) is 1.89. The summed E-state index contributed by atoms with van der Waals surface area (Å²) in [4.78, 5) is 7.73. The highest BCUT2D eigenvalue weighted by molar-refractivity contribution is 4.52.